The van der Waals surface area contributed by atoms with E-state index in [2.05, 4.69) is 20.7 Å². The van der Waals surface area contributed by atoms with Gasteiger partial charge in [-0.15, -0.1) is 0 Å². The lowest BCUT2D eigenvalue weighted by atomic mass is 9.95. The molecule has 0 aliphatic carbocycles. The molecular formula is C13H23N5O2. The van der Waals surface area contributed by atoms with Crippen LogP contribution in [-0.4, -0.2) is 38.0 Å². The van der Waals surface area contributed by atoms with Gasteiger partial charge in [0.1, 0.15) is 12.2 Å². The Balaban J connectivity index is 1.87. The summed E-state index contributed by atoms with van der Waals surface area (Å²) < 4.78 is 7.58. The molecule has 7 nitrogen and oxygen atoms in total. The predicted molar refractivity (Wildman–Crippen MR) is 74.0 cm³/mol. The highest BCUT2D eigenvalue weighted by Gasteiger charge is 2.46. The molecule has 0 aromatic carbocycles. The maximum absolute atomic E-state index is 12.0. The molecule has 20 heavy (non-hydrogen) atoms. The van der Waals surface area contributed by atoms with Gasteiger partial charge in [0, 0.05) is 7.05 Å². The number of hydrogen-bond acceptors (Lipinski definition) is 4. The molecule has 0 unspecified atom stereocenters. The van der Waals surface area contributed by atoms with E-state index in [4.69, 9.17) is 4.74 Å². The number of amides is 2. The SMILES string of the molecule is Cn1ncnc1CNC(=O)N[C@H]1CC(C)(C)OC1(C)C. The molecule has 1 fully saturated rings. The van der Waals surface area contributed by atoms with Gasteiger partial charge in [-0.2, -0.15) is 5.10 Å². The lowest BCUT2D eigenvalue weighted by molar-refractivity contribution is -0.0690. The van der Waals surface area contributed by atoms with Crippen LogP contribution in [0.4, 0.5) is 4.79 Å². The summed E-state index contributed by atoms with van der Waals surface area (Å²) in [6.45, 7) is 8.41. The van der Waals surface area contributed by atoms with Crippen molar-refractivity contribution in [3.8, 4) is 0 Å². The fourth-order valence-corrected chi connectivity index (χ4v) is 2.64. The van der Waals surface area contributed by atoms with E-state index in [0.717, 1.165) is 6.42 Å². The zero-order valence-electron chi connectivity index (χ0n) is 12.7. The van der Waals surface area contributed by atoms with Gasteiger partial charge in [0.15, 0.2) is 0 Å². The molecule has 2 N–H and O–H groups in total. The lowest BCUT2D eigenvalue weighted by Crippen LogP contribution is -2.49. The Kier molecular flexibility index (Phi) is 3.73. The predicted octanol–water partition coefficient (Wildman–Crippen LogP) is 0.960. The van der Waals surface area contributed by atoms with Gasteiger partial charge in [-0.25, -0.2) is 9.78 Å². The van der Waals surface area contributed by atoms with Crippen molar-refractivity contribution in [2.75, 3.05) is 0 Å². The Bertz CT molecular complexity index is 495. The number of ether oxygens (including phenoxy) is 1. The molecule has 0 saturated carbocycles. The molecule has 1 atom stereocenters. The van der Waals surface area contributed by atoms with Crippen LogP contribution in [0.5, 0.6) is 0 Å². The summed E-state index contributed by atoms with van der Waals surface area (Å²) in [5.74, 6) is 0.711. The number of nitrogens with zero attached hydrogens (tertiary/aromatic N) is 3. The monoisotopic (exact) mass is 281 g/mol. The molecule has 112 valence electrons. The topological polar surface area (TPSA) is 81.1 Å². The molecular weight excluding hydrogens is 258 g/mol. The van der Waals surface area contributed by atoms with E-state index in [0.29, 0.717) is 12.4 Å². The first-order chi connectivity index (χ1) is 9.20. The summed E-state index contributed by atoms with van der Waals surface area (Å²) in [4.78, 5) is 16.0. The average Bonchev–Trinajstić information content (AvgIpc) is 2.77. The molecule has 7 heteroatoms. The van der Waals surface area contributed by atoms with Gasteiger partial charge >= 0.3 is 6.03 Å². The quantitative estimate of drug-likeness (QED) is 0.864. The van der Waals surface area contributed by atoms with Crippen molar-refractivity contribution in [3.63, 3.8) is 0 Å². The van der Waals surface area contributed by atoms with Gasteiger partial charge in [-0.1, -0.05) is 0 Å². The third-order valence-electron chi connectivity index (χ3n) is 3.59. The summed E-state index contributed by atoms with van der Waals surface area (Å²) in [6.07, 6.45) is 2.25. The van der Waals surface area contributed by atoms with Crippen LogP contribution in [-0.2, 0) is 18.3 Å². The van der Waals surface area contributed by atoms with Gasteiger partial charge in [0.25, 0.3) is 0 Å². The number of aryl methyl sites for hydroxylation is 1. The Morgan fingerprint density at radius 1 is 1.50 bits per heavy atom. The van der Waals surface area contributed by atoms with Crippen molar-refractivity contribution < 1.29 is 9.53 Å². The van der Waals surface area contributed by atoms with Gasteiger partial charge in [0.2, 0.25) is 0 Å². The summed E-state index contributed by atoms with van der Waals surface area (Å²) in [5.41, 5.74) is -0.587. The number of aromatic nitrogens is 3. The fraction of sp³-hybridized carbons (Fsp3) is 0.769. The molecule has 1 aliphatic heterocycles. The molecule has 2 heterocycles. The molecule has 0 spiro atoms. The Morgan fingerprint density at radius 3 is 2.70 bits per heavy atom. The maximum Gasteiger partial charge on any atom is 0.315 e. The van der Waals surface area contributed by atoms with Gasteiger partial charge in [-0.3, -0.25) is 4.68 Å². The molecule has 0 bridgehead atoms. The van der Waals surface area contributed by atoms with Crippen molar-refractivity contribution >= 4 is 6.03 Å². The first-order valence-electron chi connectivity index (χ1n) is 6.77. The second kappa shape index (κ2) is 5.05. The van der Waals surface area contributed by atoms with Crippen molar-refractivity contribution in [2.24, 2.45) is 7.05 Å². The first kappa shape index (κ1) is 14.8. The number of carbonyl (C=O) groups excluding carboxylic acids is 1. The second-order valence-corrected chi connectivity index (χ2v) is 6.35. The van der Waals surface area contributed by atoms with E-state index in [-0.39, 0.29) is 23.3 Å². The highest BCUT2D eigenvalue weighted by molar-refractivity contribution is 5.74. The second-order valence-electron chi connectivity index (χ2n) is 6.35. The van der Waals surface area contributed by atoms with Gasteiger partial charge in [0.05, 0.1) is 23.8 Å². The number of hydrogen-bond donors (Lipinski definition) is 2. The van der Waals surface area contributed by atoms with E-state index in [1.54, 1.807) is 11.7 Å². The van der Waals surface area contributed by atoms with E-state index < -0.39 is 0 Å². The van der Waals surface area contributed by atoms with Crippen molar-refractivity contribution in [3.05, 3.63) is 12.2 Å². The zero-order valence-corrected chi connectivity index (χ0v) is 12.7. The number of carbonyl (C=O) groups is 1. The van der Waals surface area contributed by atoms with Crippen LogP contribution >= 0.6 is 0 Å². The van der Waals surface area contributed by atoms with Gasteiger partial charge < -0.3 is 15.4 Å². The van der Waals surface area contributed by atoms with Crippen molar-refractivity contribution in [1.82, 2.24) is 25.4 Å². The Morgan fingerprint density at radius 2 is 2.20 bits per heavy atom. The molecule has 1 aromatic heterocycles. The summed E-state index contributed by atoms with van der Waals surface area (Å²) in [5, 5.41) is 9.72. The van der Waals surface area contributed by atoms with E-state index in [1.165, 1.54) is 6.33 Å². The summed E-state index contributed by atoms with van der Waals surface area (Å²) in [6, 6.07) is -0.232. The minimum absolute atomic E-state index is 0.0167. The Hall–Kier alpha value is -1.63. The molecule has 0 radical (unpaired) electrons. The highest BCUT2D eigenvalue weighted by atomic mass is 16.5. The number of rotatable bonds is 3. The summed E-state index contributed by atoms with van der Waals surface area (Å²) in [7, 11) is 1.79. The minimum atomic E-state index is -0.369. The van der Waals surface area contributed by atoms with Gasteiger partial charge in [-0.05, 0) is 34.1 Å². The standard InChI is InChI=1S/C13H23N5O2/c1-12(2)6-9(13(3,4)20-12)17-11(19)14-7-10-15-8-16-18(10)5/h8-9H,6-7H2,1-5H3,(H2,14,17,19)/t9-/m0/s1. The highest BCUT2D eigenvalue weighted by Crippen LogP contribution is 2.37. The van der Waals surface area contributed by atoms with Crippen LogP contribution in [0.1, 0.15) is 39.9 Å². The first-order valence-corrected chi connectivity index (χ1v) is 6.77. The molecule has 2 rings (SSSR count). The third kappa shape index (κ3) is 3.27. The van der Waals surface area contributed by atoms with E-state index in [9.17, 15) is 4.79 Å². The maximum atomic E-state index is 12.0. The van der Waals surface area contributed by atoms with Crippen LogP contribution in [0.15, 0.2) is 6.33 Å². The number of nitrogens with one attached hydrogen (secondary N) is 2. The smallest absolute Gasteiger partial charge is 0.315 e. The minimum Gasteiger partial charge on any atom is -0.367 e. The van der Waals surface area contributed by atoms with Crippen LogP contribution < -0.4 is 10.6 Å². The fourth-order valence-electron chi connectivity index (χ4n) is 2.64. The molecule has 1 aliphatic rings. The van der Waals surface area contributed by atoms with Crippen LogP contribution in [0, 0.1) is 0 Å². The molecule has 2 amide bonds. The van der Waals surface area contributed by atoms with Crippen LogP contribution in [0.2, 0.25) is 0 Å². The zero-order chi connectivity index (χ0) is 15.0. The number of urea groups is 1. The van der Waals surface area contributed by atoms with E-state index >= 15 is 0 Å². The van der Waals surface area contributed by atoms with Crippen molar-refractivity contribution in [2.45, 2.75) is 57.9 Å². The Labute approximate surface area is 119 Å². The third-order valence-corrected chi connectivity index (χ3v) is 3.59. The van der Waals surface area contributed by atoms with E-state index in [1.807, 2.05) is 27.7 Å². The summed E-state index contributed by atoms with van der Waals surface area (Å²) >= 11 is 0. The molecule has 1 aromatic rings. The largest absolute Gasteiger partial charge is 0.367 e. The molecule has 1 saturated heterocycles. The van der Waals surface area contributed by atoms with Crippen LogP contribution in [0.25, 0.3) is 0 Å². The average molecular weight is 281 g/mol. The van der Waals surface area contributed by atoms with Crippen LogP contribution in [0.3, 0.4) is 0 Å². The lowest BCUT2D eigenvalue weighted by Gasteiger charge is -2.27. The normalized spacial score (nSPS) is 23.6. The van der Waals surface area contributed by atoms with Crippen molar-refractivity contribution in [1.29, 1.82) is 0 Å².